The van der Waals surface area contributed by atoms with Gasteiger partial charge >= 0.3 is 0 Å². The molecule has 1 aliphatic rings. The summed E-state index contributed by atoms with van der Waals surface area (Å²) in [5, 5.41) is 0. The molecule has 0 bridgehead atoms. The molecule has 0 saturated carbocycles. The summed E-state index contributed by atoms with van der Waals surface area (Å²) in [5.41, 5.74) is 3.95. The Kier molecular flexibility index (Phi) is 1.32. The van der Waals surface area contributed by atoms with Gasteiger partial charge in [0.25, 0.3) is 0 Å². The monoisotopic (exact) mass is 99.1 g/mol. The Bertz CT molecular complexity index is 88.1. The molecule has 2 heteroatoms. The minimum Gasteiger partial charge on any atom is -0.280 e. The zero-order chi connectivity index (χ0) is 5.11. The van der Waals surface area contributed by atoms with Crippen LogP contribution in [0.5, 0.6) is 0 Å². The van der Waals surface area contributed by atoms with Gasteiger partial charge in [-0.3, -0.25) is 10.3 Å². The SMILES string of the molecule is CONC1=CCC1. The lowest BCUT2D eigenvalue weighted by Crippen LogP contribution is -2.14. The summed E-state index contributed by atoms with van der Waals surface area (Å²) in [6, 6.07) is 0. The van der Waals surface area contributed by atoms with Crippen LogP contribution in [-0.2, 0) is 4.84 Å². The summed E-state index contributed by atoms with van der Waals surface area (Å²) >= 11 is 0. The topological polar surface area (TPSA) is 21.3 Å². The van der Waals surface area contributed by atoms with Crippen molar-refractivity contribution in [1.29, 1.82) is 0 Å². The van der Waals surface area contributed by atoms with E-state index in [0.717, 1.165) is 6.42 Å². The Morgan fingerprint density at radius 1 is 1.86 bits per heavy atom. The molecule has 0 unspecified atom stereocenters. The fourth-order valence-corrected chi connectivity index (χ4v) is 0.512. The van der Waals surface area contributed by atoms with Crippen LogP contribution in [-0.4, -0.2) is 7.11 Å². The number of hydrogen-bond donors (Lipinski definition) is 1. The van der Waals surface area contributed by atoms with E-state index in [2.05, 4.69) is 16.4 Å². The molecule has 0 amide bonds. The highest BCUT2D eigenvalue weighted by atomic mass is 16.6. The van der Waals surface area contributed by atoms with E-state index in [9.17, 15) is 0 Å². The third-order valence-corrected chi connectivity index (χ3v) is 1.04. The van der Waals surface area contributed by atoms with Crippen molar-refractivity contribution in [2.45, 2.75) is 12.8 Å². The van der Waals surface area contributed by atoms with E-state index in [1.165, 1.54) is 12.1 Å². The van der Waals surface area contributed by atoms with Crippen LogP contribution in [0.1, 0.15) is 12.8 Å². The number of allylic oxidation sites excluding steroid dienone is 2. The highest BCUT2D eigenvalue weighted by Gasteiger charge is 2.01. The van der Waals surface area contributed by atoms with Crippen molar-refractivity contribution in [3.05, 3.63) is 11.8 Å². The third-order valence-electron chi connectivity index (χ3n) is 1.04. The van der Waals surface area contributed by atoms with Gasteiger partial charge in [0, 0.05) is 5.70 Å². The van der Waals surface area contributed by atoms with Gasteiger partial charge in [-0.2, -0.15) is 0 Å². The Hall–Kier alpha value is -0.500. The molecule has 0 saturated heterocycles. The molecule has 2 nitrogen and oxygen atoms in total. The highest BCUT2D eigenvalue weighted by Crippen LogP contribution is 2.13. The molecule has 0 radical (unpaired) electrons. The predicted molar refractivity (Wildman–Crippen MR) is 27.5 cm³/mol. The fraction of sp³-hybridized carbons (Fsp3) is 0.600. The first-order valence-electron chi connectivity index (χ1n) is 2.41. The fourth-order valence-electron chi connectivity index (χ4n) is 0.512. The van der Waals surface area contributed by atoms with E-state index in [1.807, 2.05) is 0 Å². The maximum absolute atomic E-state index is 4.63. The Morgan fingerprint density at radius 3 is 2.71 bits per heavy atom. The van der Waals surface area contributed by atoms with Crippen molar-refractivity contribution >= 4 is 0 Å². The minimum absolute atomic E-state index is 1.15. The largest absolute Gasteiger partial charge is 0.280 e. The number of nitrogens with one attached hydrogen (secondary N) is 1. The molecule has 7 heavy (non-hydrogen) atoms. The van der Waals surface area contributed by atoms with Crippen LogP contribution in [0, 0.1) is 0 Å². The molecule has 0 heterocycles. The minimum atomic E-state index is 1.15. The van der Waals surface area contributed by atoms with Gasteiger partial charge < -0.3 is 0 Å². The lowest BCUT2D eigenvalue weighted by atomic mass is 10.1. The normalized spacial score (nSPS) is 17.6. The van der Waals surface area contributed by atoms with Gasteiger partial charge in [0.2, 0.25) is 0 Å². The summed E-state index contributed by atoms with van der Waals surface area (Å²) in [5.74, 6) is 0. The van der Waals surface area contributed by atoms with Crippen molar-refractivity contribution in [3.63, 3.8) is 0 Å². The van der Waals surface area contributed by atoms with Crippen LogP contribution in [0.2, 0.25) is 0 Å². The Morgan fingerprint density at radius 2 is 2.57 bits per heavy atom. The average Bonchev–Trinajstić information content (AvgIpc) is 1.55. The molecule has 0 aromatic carbocycles. The first-order valence-corrected chi connectivity index (χ1v) is 2.41. The maximum Gasteiger partial charge on any atom is 0.0636 e. The first-order chi connectivity index (χ1) is 3.43. The van der Waals surface area contributed by atoms with Gasteiger partial charge in [0.05, 0.1) is 7.11 Å². The summed E-state index contributed by atoms with van der Waals surface area (Å²) in [6.45, 7) is 0. The average molecular weight is 99.1 g/mol. The first kappa shape index (κ1) is 4.65. The number of rotatable bonds is 2. The molecular formula is C5H9NO. The number of hydroxylamine groups is 1. The lowest BCUT2D eigenvalue weighted by Gasteiger charge is -2.13. The Labute approximate surface area is 43.1 Å². The highest BCUT2D eigenvalue weighted by molar-refractivity contribution is 5.07. The molecule has 0 fully saturated rings. The quantitative estimate of drug-likeness (QED) is 0.517. The summed E-state index contributed by atoms with van der Waals surface area (Å²) in [6.07, 6.45) is 4.46. The van der Waals surface area contributed by atoms with E-state index in [1.54, 1.807) is 7.11 Å². The van der Waals surface area contributed by atoms with Crippen LogP contribution in [0.3, 0.4) is 0 Å². The van der Waals surface area contributed by atoms with E-state index in [4.69, 9.17) is 0 Å². The maximum atomic E-state index is 4.63. The molecule has 0 aliphatic heterocycles. The van der Waals surface area contributed by atoms with Crippen molar-refractivity contribution in [1.82, 2.24) is 5.48 Å². The van der Waals surface area contributed by atoms with Gasteiger partial charge in [-0.15, -0.1) is 0 Å². The summed E-state index contributed by atoms with van der Waals surface area (Å²) < 4.78 is 0. The molecule has 0 aromatic rings. The predicted octanol–water partition coefficient (Wildman–Crippen LogP) is 0.815. The van der Waals surface area contributed by atoms with Crippen LogP contribution >= 0.6 is 0 Å². The standard InChI is InChI=1S/C5H9NO/c1-7-6-5-3-2-4-5/h3,6H,2,4H2,1H3. The van der Waals surface area contributed by atoms with Gasteiger partial charge in [-0.05, 0) is 12.8 Å². The van der Waals surface area contributed by atoms with Crippen LogP contribution in [0.4, 0.5) is 0 Å². The van der Waals surface area contributed by atoms with Crippen LogP contribution in [0.25, 0.3) is 0 Å². The van der Waals surface area contributed by atoms with Gasteiger partial charge in [-0.25, -0.2) is 0 Å². The van der Waals surface area contributed by atoms with Crippen molar-refractivity contribution in [3.8, 4) is 0 Å². The Balaban J connectivity index is 2.15. The summed E-state index contributed by atoms with van der Waals surface area (Å²) in [4.78, 5) is 4.63. The molecule has 0 spiro atoms. The second kappa shape index (κ2) is 1.98. The van der Waals surface area contributed by atoms with Crippen molar-refractivity contribution in [2.24, 2.45) is 0 Å². The molecule has 1 aliphatic carbocycles. The van der Waals surface area contributed by atoms with E-state index in [-0.39, 0.29) is 0 Å². The summed E-state index contributed by atoms with van der Waals surface area (Å²) in [7, 11) is 1.62. The second-order valence-corrected chi connectivity index (χ2v) is 1.57. The zero-order valence-electron chi connectivity index (χ0n) is 4.40. The third kappa shape index (κ3) is 0.933. The van der Waals surface area contributed by atoms with E-state index >= 15 is 0 Å². The zero-order valence-corrected chi connectivity index (χ0v) is 4.40. The molecule has 0 aromatic heterocycles. The van der Waals surface area contributed by atoms with Gasteiger partial charge in [0.1, 0.15) is 0 Å². The molecule has 1 N–H and O–H groups in total. The molecule has 1 rings (SSSR count). The lowest BCUT2D eigenvalue weighted by molar-refractivity contribution is 0.111. The van der Waals surface area contributed by atoms with Crippen LogP contribution < -0.4 is 5.48 Å². The van der Waals surface area contributed by atoms with E-state index in [0.29, 0.717) is 0 Å². The van der Waals surface area contributed by atoms with E-state index < -0.39 is 0 Å². The van der Waals surface area contributed by atoms with Crippen molar-refractivity contribution in [2.75, 3.05) is 7.11 Å². The van der Waals surface area contributed by atoms with Crippen molar-refractivity contribution < 1.29 is 4.84 Å². The second-order valence-electron chi connectivity index (χ2n) is 1.57. The van der Waals surface area contributed by atoms with Gasteiger partial charge in [0.15, 0.2) is 0 Å². The smallest absolute Gasteiger partial charge is 0.0636 e. The van der Waals surface area contributed by atoms with Crippen LogP contribution in [0.15, 0.2) is 11.8 Å². The number of hydrogen-bond acceptors (Lipinski definition) is 2. The molecule has 40 valence electrons. The van der Waals surface area contributed by atoms with Gasteiger partial charge in [-0.1, -0.05) is 6.08 Å². The molecular weight excluding hydrogens is 90.1 g/mol. The molecule has 0 atom stereocenters.